The molecular formula is C21H31F2N3O3S. The highest BCUT2D eigenvalue weighted by Gasteiger charge is 2.49. The lowest BCUT2D eigenvalue weighted by Gasteiger charge is -2.39. The average molecular weight is 444 g/mol. The molecule has 2 N–H and O–H groups in total. The van der Waals surface area contributed by atoms with Crippen molar-refractivity contribution in [3.8, 4) is 0 Å². The Labute approximate surface area is 177 Å². The van der Waals surface area contributed by atoms with Crippen LogP contribution >= 0.6 is 0 Å². The smallest absolute Gasteiger partial charge is 0.216 e. The zero-order valence-electron chi connectivity index (χ0n) is 17.6. The maximum absolute atomic E-state index is 14.1. The molecule has 3 heterocycles. The molecule has 0 radical (unpaired) electrons. The first-order valence-electron chi connectivity index (χ1n) is 10.7. The summed E-state index contributed by atoms with van der Waals surface area (Å²) in [4.78, 5) is 2.34. The van der Waals surface area contributed by atoms with Crippen LogP contribution in [0.25, 0.3) is 0 Å². The van der Waals surface area contributed by atoms with Gasteiger partial charge in [-0.2, -0.15) is 0 Å². The van der Waals surface area contributed by atoms with Gasteiger partial charge in [0.15, 0.2) is 0 Å². The molecular weight excluding hydrogens is 412 g/mol. The number of sulfonamides is 1. The normalized spacial score (nSPS) is 33.7. The van der Waals surface area contributed by atoms with Crippen LogP contribution in [0.2, 0.25) is 0 Å². The Hall–Kier alpha value is -1.13. The Kier molecular flexibility index (Phi) is 5.95. The van der Waals surface area contributed by atoms with Gasteiger partial charge in [-0.3, -0.25) is 4.90 Å². The minimum atomic E-state index is -3.23. The molecule has 1 unspecified atom stereocenters. The second-order valence-corrected chi connectivity index (χ2v) is 11.9. The molecule has 9 heteroatoms. The molecule has 3 aliphatic rings. The van der Waals surface area contributed by atoms with E-state index in [1.165, 1.54) is 0 Å². The van der Waals surface area contributed by atoms with Crippen molar-refractivity contribution >= 4 is 10.0 Å². The van der Waals surface area contributed by atoms with E-state index >= 15 is 0 Å². The van der Waals surface area contributed by atoms with Crippen LogP contribution in [0.4, 0.5) is 8.78 Å². The van der Waals surface area contributed by atoms with Crippen LogP contribution in [-0.4, -0.2) is 67.7 Å². The first-order chi connectivity index (χ1) is 14.1. The molecule has 1 spiro atoms. The quantitative estimate of drug-likeness (QED) is 0.773. The van der Waals surface area contributed by atoms with Crippen molar-refractivity contribution in [1.82, 2.24) is 9.21 Å². The summed E-state index contributed by atoms with van der Waals surface area (Å²) in [7, 11) is -3.23. The average Bonchev–Trinajstić information content (AvgIpc) is 3.31. The van der Waals surface area contributed by atoms with Crippen LogP contribution in [0.5, 0.6) is 0 Å². The van der Waals surface area contributed by atoms with E-state index in [9.17, 15) is 17.2 Å². The minimum Gasteiger partial charge on any atom is -0.370 e. The molecule has 0 amide bonds. The van der Waals surface area contributed by atoms with Crippen molar-refractivity contribution < 1.29 is 21.9 Å². The second kappa shape index (κ2) is 8.09. The van der Waals surface area contributed by atoms with Crippen LogP contribution in [0, 0.1) is 17.0 Å². The highest BCUT2D eigenvalue weighted by molar-refractivity contribution is 7.89. The number of ether oxygens (including phenoxy) is 1. The fourth-order valence-electron chi connectivity index (χ4n) is 5.18. The molecule has 168 valence electrons. The largest absolute Gasteiger partial charge is 0.370 e. The van der Waals surface area contributed by atoms with Crippen LogP contribution in [-0.2, 0) is 14.8 Å². The standard InChI is InChI=1S/C21H31F2N3O3S/c1-14(2)30(27,28)26-8-6-21(13-26)5-7-25(12-21)16-10-19(24)20(29-11-16)17-9-15(22)3-4-18(17)23/h3-4,9,14,16,19-20H,5-8,10-13,24H2,1-2H3/t16-,19+,20-,21?/m1/s1. The molecule has 0 saturated carbocycles. The van der Waals surface area contributed by atoms with Gasteiger partial charge in [0.2, 0.25) is 10.0 Å². The fourth-order valence-corrected chi connectivity index (χ4v) is 6.57. The van der Waals surface area contributed by atoms with Gasteiger partial charge in [-0.15, -0.1) is 0 Å². The molecule has 6 nitrogen and oxygen atoms in total. The van der Waals surface area contributed by atoms with Crippen molar-refractivity contribution in [2.24, 2.45) is 11.1 Å². The Morgan fingerprint density at radius 1 is 1.20 bits per heavy atom. The summed E-state index contributed by atoms with van der Waals surface area (Å²) in [6.45, 7) is 6.68. The van der Waals surface area contributed by atoms with Gasteiger partial charge >= 0.3 is 0 Å². The Morgan fingerprint density at radius 3 is 2.63 bits per heavy atom. The number of halogens is 2. The summed E-state index contributed by atoms with van der Waals surface area (Å²) in [5, 5.41) is -0.407. The first kappa shape index (κ1) is 22.1. The van der Waals surface area contributed by atoms with E-state index in [4.69, 9.17) is 10.5 Å². The van der Waals surface area contributed by atoms with Gasteiger partial charge in [0.05, 0.1) is 11.9 Å². The molecule has 0 bridgehead atoms. The SMILES string of the molecule is CC(C)S(=O)(=O)N1CCC2(CCN([C@H]3CO[C@H](c4cc(F)ccc4F)[C@@H](N)C3)C2)C1. The fraction of sp³-hybridized carbons (Fsp3) is 0.714. The number of likely N-dealkylation sites (tertiary alicyclic amines) is 1. The van der Waals surface area contributed by atoms with Gasteiger partial charge in [0.25, 0.3) is 0 Å². The lowest BCUT2D eigenvalue weighted by molar-refractivity contribution is -0.0488. The molecule has 4 rings (SSSR count). The van der Waals surface area contributed by atoms with Crippen LogP contribution in [0.1, 0.15) is 44.8 Å². The van der Waals surface area contributed by atoms with E-state index < -0.39 is 39.1 Å². The topological polar surface area (TPSA) is 75.9 Å². The predicted octanol–water partition coefficient (Wildman–Crippen LogP) is 2.26. The Morgan fingerprint density at radius 2 is 1.93 bits per heavy atom. The van der Waals surface area contributed by atoms with E-state index in [1.807, 2.05) is 0 Å². The monoisotopic (exact) mass is 443 g/mol. The zero-order valence-corrected chi connectivity index (χ0v) is 18.4. The van der Waals surface area contributed by atoms with E-state index in [2.05, 4.69) is 4.90 Å². The maximum atomic E-state index is 14.1. The molecule has 30 heavy (non-hydrogen) atoms. The molecule has 1 aromatic rings. The zero-order chi connectivity index (χ0) is 21.7. The Bertz CT molecular complexity index is 897. The minimum absolute atomic E-state index is 0.0163. The molecule has 0 aliphatic carbocycles. The van der Waals surface area contributed by atoms with E-state index in [0.29, 0.717) is 26.1 Å². The van der Waals surface area contributed by atoms with Crippen molar-refractivity contribution in [1.29, 1.82) is 0 Å². The van der Waals surface area contributed by atoms with Gasteiger partial charge in [-0.05, 0) is 63.3 Å². The maximum Gasteiger partial charge on any atom is 0.216 e. The van der Waals surface area contributed by atoms with Crippen molar-refractivity contribution in [2.45, 2.75) is 56.5 Å². The highest BCUT2D eigenvalue weighted by atomic mass is 32.2. The lowest BCUT2D eigenvalue weighted by Crippen LogP contribution is -2.49. The first-order valence-corrected chi connectivity index (χ1v) is 12.2. The summed E-state index contributed by atoms with van der Waals surface area (Å²) < 4.78 is 60.4. The number of nitrogens with two attached hydrogens (primary N) is 1. The number of rotatable bonds is 4. The lowest BCUT2D eigenvalue weighted by atomic mass is 9.86. The molecule has 0 aromatic heterocycles. The molecule has 3 fully saturated rings. The Balaban J connectivity index is 1.39. The second-order valence-electron chi connectivity index (χ2n) is 9.37. The third-order valence-corrected chi connectivity index (χ3v) is 9.23. The third kappa shape index (κ3) is 4.02. The summed E-state index contributed by atoms with van der Waals surface area (Å²) in [5.74, 6) is -1.01. The van der Waals surface area contributed by atoms with Gasteiger partial charge in [-0.25, -0.2) is 21.5 Å². The summed E-state index contributed by atoms with van der Waals surface area (Å²) in [6, 6.07) is 3.02. The summed E-state index contributed by atoms with van der Waals surface area (Å²) >= 11 is 0. The third-order valence-electron chi connectivity index (χ3n) is 7.01. The van der Waals surface area contributed by atoms with E-state index in [1.54, 1.807) is 18.2 Å². The number of nitrogens with zero attached hydrogens (tertiary/aromatic N) is 2. The molecule has 4 atom stereocenters. The van der Waals surface area contributed by atoms with Crippen molar-refractivity contribution in [3.63, 3.8) is 0 Å². The van der Waals surface area contributed by atoms with Crippen LogP contribution < -0.4 is 5.73 Å². The van der Waals surface area contributed by atoms with Crippen LogP contribution in [0.3, 0.4) is 0 Å². The van der Waals surface area contributed by atoms with Crippen molar-refractivity contribution in [3.05, 3.63) is 35.4 Å². The highest BCUT2D eigenvalue weighted by Crippen LogP contribution is 2.43. The molecule has 1 aromatic carbocycles. The summed E-state index contributed by atoms with van der Waals surface area (Å²) in [6.07, 6.45) is 1.79. The predicted molar refractivity (Wildman–Crippen MR) is 110 cm³/mol. The van der Waals surface area contributed by atoms with Gasteiger partial charge < -0.3 is 10.5 Å². The van der Waals surface area contributed by atoms with Gasteiger partial charge in [0.1, 0.15) is 17.7 Å². The van der Waals surface area contributed by atoms with Gasteiger partial charge in [-0.1, -0.05) is 0 Å². The number of benzene rings is 1. The van der Waals surface area contributed by atoms with E-state index in [0.717, 1.165) is 44.1 Å². The van der Waals surface area contributed by atoms with E-state index in [-0.39, 0.29) is 17.0 Å². The summed E-state index contributed by atoms with van der Waals surface area (Å²) in [5.41, 5.74) is 6.47. The van der Waals surface area contributed by atoms with Crippen molar-refractivity contribution in [2.75, 3.05) is 32.8 Å². The number of hydrogen-bond donors (Lipinski definition) is 1. The van der Waals surface area contributed by atoms with Crippen LogP contribution in [0.15, 0.2) is 18.2 Å². The van der Waals surface area contributed by atoms with Gasteiger partial charge in [0, 0.05) is 37.3 Å². The number of hydrogen-bond acceptors (Lipinski definition) is 5. The molecule has 3 aliphatic heterocycles. The molecule has 3 saturated heterocycles.